The largest absolute Gasteiger partial charge is 0.465 e. The van der Waals surface area contributed by atoms with Gasteiger partial charge in [-0.25, -0.2) is 0 Å². The molecule has 0 saturated heterocycles. The molecule has 2 rings (SSSR count). The first-order valence-corrected chi connectivity index (χ1v) is 9.79. The lowest BCUT2D eigenvalue weighted by Crippen LogP contribution is -2.28. The quantitative estimate of drug-likeness (QED) is 0.624. The van der Waals surface area contributed by atoms with Gasteiger partial charge in [0.05, 0.1) is 30.9 Å². The van der Waals surface area contributed by atoms with E-state index < -0.39 is 7.26 Å². The molecule has 2 atom stereocenters. The SMILES string of the molecule is CC(=O)OCC1CCCC1[P+](C)(C)c1ccccc1. The molecule has 0 heterocycles. The fraction of sp³-hybridized carbons (Fsp3) is 0.562. The lowest BCUT2D eigenvalue weighted by Gasteiger charge is -2.29. The molecule has 19 heavy (non-hydrogen) atoms. The maximum Gasteiger partial charge on any atom is 0.302 e. The van der Waals surface area contributed by atoms with Crippen LogP contribution in [0.3, 0.4) is 0 Å². The van der Waals surface area contributed by atoms with Gasteiger partial charge < -0.3 is 4.74 Å². The van der Waals surface area contributed by atoms with Crippen molar-refractivity contribution < 1.29 is 9.53 Å². The fourth-order valence-electron chi connectivity index (χ4n) is 3.29. The monoisotopic (exact) mass is 279 g/mol. The van der Waals surface area contributed by atoms with Gasteiger partial charge in [0.1, 0.15) is 0 Å². The smallest absolute Gasteiger partial charge is 0.302 e. The average Bonchev–Trinajstić information content (AvgIpc) is 2.86. The highest BCUT2D eigenvalue weighted by Gasteiger charge is 2.46. The van der Waals surface area contributed by atoms with Crippen molar-refractivity contribution in [3.63, 3.8) is 0 Å². The molecule has 1 saturated carbocycles. The van der Waals surface area contributed by atoms with Gasteiger partial charge in [0.15, 0.2) is 0 Å². The molecular weight excluding hydrogens is 255 g/mol. The Balaban J connectivity index is 2.12. The van der Waals surface area contributed by atoms with Crippen LogP contribution < -0.4 is 5.30 Å². The van der Waals surface area contributed by atoms with E-state index in [1.165, 1.54) is 31.5 Å². The van der Waals surface area contributed by atoms with E-state index in [0.29, 0.717) is 18.2 Å². The molecular formula is C16H24O2P+. The number of rotatable bonds is 4. The van der Waals surface area contributed by atoms with Gasteiger partial charge in [-0.3, -0.25) is 4.79 Å². The van der Waals surface area contributed by atoms with Crippen molar-refractivity contribution in [3.05, 3.63) is 30.3 Å². The zero-order chi connectivity index (χ0) is 13.9. The Morgan fingerprint density at radius 3 is 2.58 bits per heavy atom. The lowest BCUT2D eigenvalue weighted by molar-refractivity contribution is -0.142. The standard InChI is InChI=1S/C16H24O2P/c1-13(17)18-12-14-8-7-11-16(14)19(2,3)15-9-5-4-6-10-15/h4-6,9-10,14,16H,7-8,11-12H2,1-3H3/q+1. The van der Waals surface area contributed by atoms with E-state index in [1.54, 1.807) is 0 Å². The lowest BCUT2D eigenvalue weighted by atomic mass is 10.1. The molecule has 1 aliphatic carbocycles. The maximum atomic E-state index is 11.0. The highest BCUT2D eigenvalue weighted by Crippen LogP contribution is 2.61. The van der Waals surface area contributed by atoms with Crippen molar-refractivity contribution in [3.8, 4) is 0 Å². The maximum absolute atomic E-state index is 11.0. The van der Waals surface area contributed by atoms with Crippen molar-refractivity contribution in [1.29, 1.82) is 0 Å². The number of ether oxygens (including phenoxy) is 1. The first kappa shape index (κ1) is 14.5. The number of carbonyl (C=O) groups excluding carboxylic acids is 1. The third kappa shape index (κ3) is 3.36. The highest BCUT2D eigenvalue weighted by atomic mass is 31.2. The summed E-state index contributed by atoms with van der Waals surface area (Å²) in [5.74, 6) is 0.397. The van der Waals surface area contributed by atoms with Gasteiger partial charge in [-0.2, -0.15) is 0 Å². The molecule has 3 heteroatoms. The van der Waals surface area contributed by atoms with Crippen LogP contribution in [0.5, 0.6) is 0 Å². The zero-order valence-corrected chi connectivity index (χ0v) is 13.0. The predicted octanol–water partition coefficient (Wildman–Crippen LogP) is 3.32. The predicted molar refractivity (Wildman–Crippen MR) is 82.6 cm³/mol. The number of carbonyl (C=O) groups is 1. The Morgan fingerprint density at radius 2 is 1.95 bits per heavy atom. The number of esters is 1. The van der Waals surface area contributed by atoms with Gasteiger partial charge in [0.25, 0.3) is 0 Å². The molecule has 2 nitrogen and oxygen atoms in total. The van der Waals surface area contributed by atoms with Crippen LogP contribution in [0, 0.1) is 5.92 Å². The van der Waals surface area contributed by atoms with Crippen molar-refractivity contribution >= 4 is 18.5 Å². The Morgan fingerprint density at radius 1 is 1.26 bits per heavy atom. The molecule has 0 amide bonds. The third-order valence-corrected chi connectivity index (χ3v) is 8.34. The third-order valence-electron chi connectivity index (χ3n) is 4.37. The summed E-state index contributed by atoms with van der Waals surface area (Å²) in [6.07, 6.45) is 3.75. The summed E-state index contributed by atoms with van der Waals surface area (Å²) in [6, 6.07) is 10.9. The van der Waals surface area contributed by atoms with E-state index in [0.717, 1.165) is 0 Å². The van der Waals surface area contributed by atoms with Crippen LogP contribution in [0.25, 0.3) is 0 Å². The number of hydrogen-bond donors (Lipinski definition) is 0. The summed E-state index contributed by atoms with van der Waals surface area (Å²) in [6.45, 7) is 6.97. The summed E-state index contributed by atoms with van der Waals surface area (Å²) in [5.41, 5.74) is 0.703. The normalized spacial score (nSPS) is 23.3. The van der Waals surface area contributed by atoms with Gasteiger partial charge in [-0.15, -0.1) is 0 Å². The van der Waals surface area contributed by atoms with Gasteiger partial charge >= 0.3 is 5.97 Å². The molecule has 0 N–H and O–H groups in total. The highest BCUT2D eigenvalue weighted by molar-refractivity contribution is 7.82. The van der Waals surface area contributed by atoms with E-state index >= 15 is 0 Å². The summed E-state index contributed by atoms with van der Waals surface area (Å²) < 4.78 is 5.27. The van der Waals surface area contributed by atoms with E-state index in [4.69, 9.17) is 4.74 Å². The molecule has 104 valence electrons. The van der Waals surface area contributed by atoms with Crippen molar-refractivity contribution in [2.75, 3.05) is 19.9 Å². The molecule has 0 radical (unpaired) electrons. The molecule has 1 aromatic rings. The summed E-state index contributed by atoms with van der Waals surface area (Å²) in [4.78, 5) is 11.0. The molecule has 0 aromatic heterocycles. The van der Waals surface area contributed by atoms with E-state index in [-0.39, 0.29) is 5.97 Å². The van der Waals surface area contributed by atoms with Crippen LogP contribution in [0.15, 0.2) is 30.3 Å². The minimum Gasteiger partial charge on any atom is -0.465 e. The zero-order valence-electron chi connectivity index (χ0n) is 12.1. The Labute approximate surface area is 116 Å². The van der Waals surface area contributed by atoms with Crippen LogP contribution >= 0.6 is 7.26 Å². The van der Waals surface area contributed by atoms with Crippen LogP contribution in [0.1, 0.15) is 26.2 Å². The topological polar surface area (TPSA) is 26.3 Å². The van der Waals surface area contributed by atoms with Crippen LogP contribution in [0.2, 0.25) is 0 Å². The van der Waals surface area contributed by atoms with E-state index in [9.17, 15) is 4.79 Å². The molecule has 1 aliphatic rings. The number of benzene rings is 1. The van der Waals surface area contributed by atoms with Crippen LogP contribution in [-0.4, -0.2) is 31.6 Å². The molecule has 1 aromatic carbocycles. The van der Waals surface area contributed by atoms with E-state index in [1.807, 2.05) is 0 Å². The summed E-state index contributed by atoms with van der Waals surface area (Å²) in [5, 5.41) is 1.50. The second-order valence-corrected chi connectivity index (χ2v) is 10.2. The van der Waals surface area contributed by atoms with Crippen molar-refractivity contribution in [2.45, 2.75) is 31.8 Å². The first-order valence-electron chi connectivity index (χ1n) is 7.04. The van der Waals surface area contributed by atoms with Crippen molar-refractivity contribution in [2.24, 2.45) is 5.92 Å². The van der Waals surface area contributed by atoms with Crippen LogP contribution in [-0.2, 0) is 9.53 Å². The molecule has 0 aliphatic heterocycles. The van der Waals surface area contributed by atoms with Gasteiger partial charge in [-0.05, 0) is 31.4 Å². The minimum absolute atomic E-state index is 0.151. The molecule has 0 spiro atoms. The van der Waals surface area contributed by atoms with Crippen molar-refractivity contribution in [1.82, 2.24) is 0 Å². The Kier molecular flexibility index (Phi) is 4.62. The molecule has 2 unspecified atom stereocenters. The van der Waals surface area contributed by atoms with Gasteiger partial charge in [0, 0.05) is 20.1 Å². The average molecular weight is 279 g/mol. The van der Waals surface area contributed by atoms with Gasteiger partial charge in [0.2, 0.25) is 0 Å². The van der Waals surface area contributed by atoms with Gasteiger partial charge in [-0.1, -0.05) is 18.2 Å². The second kappa shape index (κ2) is 6.05. The Bertz CT molecular complexity index is 428. The molecule has 1 fully saturated rings. The first-order chi connectivity index (χ1) is 9.01. The summed E-state index contributed by atoms with van der Waals surface area (Å²) in [7, 11) is -1.15. The summed E-state index contributed by atoms with van der Waals surface area (Å²) >= 11 is 0. The minimum atomic E-state index is -1.15. The number of hydrogen-bond acceptors (Lipinski definition) is 2. The van der Waals surface area contributed by atoms with E-state index in [2.05, 4.69) is 43.7 Å². The van der Waals surface area contributed by atoms with Crippen LogP contribution in [0.4, 0.5) is 0 Å². The fourth-order valence-corrected chi connectivity index (χ4v) is 6.73. The second-order valence-electron chi connectivity index (χ2n) is 5.94. The Hall–Kier alpha value is -0.880. The molecule has 0 bridgehead atoms.